The Morgan fingerprint density at radius 3 is 2.96 bits per heavy atom. The highest BCUT2D eigenvalue weighted by atomic mass is 16.5. The van der Waals surface area contributed by atoms with Crippen molar-refractivity contribution in [1.29, 1.82) is 0 Å². The first-order valence-corrected chi connectivity index (χ1v) is 10.1. The molecule has 5 heteroatoms. The number of nitrogens with zero attached hydrogens (tertiary/aromatic N) is 1. The molecule has 1 unspecified atom stereocenters. The fraction of sp³-hybridized carbons (Fsp3) is 0.478. The number of ether oxygens (including phenoxy) is 3. The monoisotopic (exact) mass is 384 g/mol. The lowest BCUT2D eigenvalue weighted by Gasteiger charge is -2.23. The first-order chi connectivity index (χ1) is 13.7. The molecule has 2 aliphatic rings. The molecule has 28 heavy (non-hydrogen) atoms. The molecule has 0 saturated heterocycles. The smallest absolute Gasteiger partial charge is 0.161 e. The molecule has 0 aromatic heterocycles. The second kappa shape index (κ2) is 10.2. The van der Waals surface area contributed by atoms with Crippen LogP contribution >= 0.6 is 0 Å². The Bertz CT molecular complexity index is 739. The van der Waals surface area contributed by atoms with Gasteiger partial charge in [0, 0.05) is 25.8 Å². The van der Waals surface area contributed by atoms with E-state index < -0.39 is 0 Å². The molecular weight excluding hydrogens is 352 g/mol. The molecule has 0 radical (unpaired) electrons. The van der Waals surface area contributed by atoms with Gasteiger partial charge in [-0.25, -0.2) is 0 Å². The molecule has 1 aromatic rings. The number of nitrogens with one attached hydrogen (secondary N) is 1. The molecule has 1 aromatic carbocycles. The Labute approximate surface area is 168 Å². The van der Waals surface area contributed by atoms with E-state index in [2.05, 4.69) is 48.3 Å². The zero-order valence-electron chi connectivity index (χ0n) is 17.2. The van der Waals surface area contributed by atoms with Crippen LogP contribution in [0.1, 0.15) is 25.8 Å². The molecule has 1 atom stereocenters. The van der Waals surface area contributed by atoms with Crippen molar-refractivity contribution in [2.75, 3.05) is 40.0 Å². The summed E-state index contributed by atoms with van der Waals surface area (Å²) in [4.78, 5) is 2.26. The van der Waals surface area contributed by atoms with Gasteiger partial charge in [-0.1, -0.05) is 25.1 Å². The number of hydrogen-bond donors (Lipinski definition) is 1. The highest BCUT2D eigenvalue weighted by molar-refractivity contribution is 5.44. The Morgan fingerprint density at radius 2 is 2.18 bits per heavy atom. The van der Waals surface area contributed by atoms with Crippen LogP contribution in [0.25, 0.3) is 0 Å². The first-order valence-electron chi connectivity index (χ1n) is 10.1. The van der Waals surface area contributed by atoms with Crippen LogP contribution in [0.15, 0.2) is 54.0 Å². The van der Waals surface area contributed by atoms with Crippen LogP contribution in [0.5, 0.6) is 11.5 Å². The Hall–Kier alpha value is -2.40. The normalized spacial score (nSPS) is 19.0. The van der Waals surface area contributed by atoms with Crippen LogP contribution in [-0.2, 0) is 11.3 Å². The number of benzene rings is 1. The summed E-state index contributed by atoms with van der Waals surface area (Å²) in [5, 5.41) is 3.48. The van der Waals surface area contributed by atoms with E-state index in [4.69, 9.17) is 14.2 Å². The molecule has 0 fully saturated rings. The van der Waals surface area contributed by atoms with Crippen LogP contribution in [0, 0.1) is 5.92 Å². The lowest BCUT2D eigenvalue weighted by molar-refractivity contribution is 0.173. The van der Waals surface area contributed by atoms with Crippen molar-refractivity contribution in [3.05, 3.63) is 59.5 Å². The highest BCUT2D eigenvalue weighted by Crippen LogP contribution is 2.30. The summed E-state index contributed by atoms with van der Waals surface area (Å²) in [5.41, 5.74) is 3.76. The van der Waals surface area contributed by atoms with Gasteiger partial charge in [0.2, 0.25) is 0 Å². The zero-order valence-corrected chi connectivity index (χ0v) is 17.2. The summed E-state index contributed by atoms with van der Waals surface area (Å²) in [6.45, 7) is 9.37. The lowest BCUT2D eigenvalue weighted by atomic mass is 9.93. The third-order valence-corrected chi connectivity index (χ3v) is 5.17. The minimum atomic E-state index is 0.575. The second-order valence-electron chi connectivity index (χ2n) is 7.43. The Kier molecular flexibility index (Phi) is 7.43. The standard InChI is InChI=1S/C23H32N2O3/c1-18-4-5-19(2)21(14-18)17-28-22-7-6-20(15-23(22)26-3)16-24-8-9-25-10-12-27-13-11-25/h5-7,10,12,14-15,18,24H,4,8-9,11,13,16-17H2,1-3H3. The van der Waals surface area contributed by atoms with Gasteiger partial charge in [-0.3, -0.25) is 0 Å². The molecule has 0 bridgehead atoms. The van der Waals surface area contributed by atoms with Crippen LogP contribution in [-0.4, -0.2) is 44.9 Å². The van der Waals surface area contributed by atoms with Gasteiger partial charge < -0.3 is 24.4 Å². The first kappa shape index (κ1) is 20.3. The van der Waals surface area contributed by atoms with Crippen molar-refractivity contribution >= 4 is 0 Å². The predicted molar refractivity (Wildman–Crippen MR) is 112 cm³/mol. The average molecular weight is 385 g/mol. The third kappa shape index (κ3) is 5.80. The molecule has 1 aliphatic carbocycles. The minimum absolute atomic E-state index is 0.575. The summed E-state index contributed by atoms with van der Waals surface area (Å²) in [6, 6.07) is 6.16. The van der Waals surface area contributed by atoms with E-state index in [1.165, 1.54) is 16.7 Å². The molecule has 0 spiro atoms. The maximum absolute atomic E-state index is 6.07. The van der Waals surface area contributed by atoms with Crippen LogP contribution in [0.2, 0.25) is 0 Å². The van der Waals surface area contributed by atoms with E-state index in [1.54, 1.807) is 13.4 Å². The number of allylic oxidation sites excluding steroid dienone is 2. The average Bonchev–Trinajstić information content (AvgIpc) is 2.73. The predicted octanol–water partition coefficient (Wildman–Crippen LogP) is 3.88. The minimum Gasteiger partial charge on any atom is -0.498 e. The van der Waals surface area contributed by atoms with Gasteiger partial charge in [0.15, 0.2) is 11.5 Å². The maximum atomic E-state index is 6.07. The fourth-order valence-corrected chi connectivity index (χ4v) is 3.38. The Balaban J connectivity index is 1.49. The highest BCUT2D eigenvalue weighted by Gasteiger charge is 2.12. The van der Waals surface area contributed by atoms with Gasteiger partial charge in [-0.05, 0) is 48.1 Å². The summed E-state index contributed by atoms with van der Waals surface area (Å²) in [6.07, 6.45) is 9.47. The third-order valence-electron chi connectivity index (χ3n) is 5.17. The van der Waals surface area contributed by atoms with Gasteiger partial charge in [-0.2, -0.15) is 0 Å². The summed E-state index contributed by atoms with van der Waals surface area (Å²) < 4.78 is 16.8. The molecule has 5 nitrogen and oxygen atoms in total. The summed E-state index contributed by atoms with van der Waals surface area (Å²) >= 11 is 0. The molecule has 0 amide bonds. The lowest BCUT2D eigenvalue weighted by Crippen LogP contribution is -2.32. The maximum Gasteiger partial charge on any atom is 0.161 e. The van der Waals surface area contributed by atoms with Crippen molar-refractivity contribution in [3.63, 3.8) is 0 Å². The summed E-state index contributed by atoms with van der Waals surface area (Å²) in [5.74, 6) is 2.14. The summed E-state index contributed by atoms with van der Waals surface area (Å²) in [7, 11) is 1.69. The molecule has 1 N–H and O–H groups in total. The number of methoxy groups -OCH3 is 1. The van der Waals surface area contributed by atoms with E-state index in [9.17, 15) is 0 Å². The fourth-order valence-electron chi connectivity index (χ4n) is 3.38. The van der Waals surface area contributed by atoms with E-state index in [0.717, 1.165) is 50.7 Å². The van der Waals surface area contributed by atoms with E-state index in [1.807, 2.05) is 12.3 Å². The van der Waals surface area contributed by atoms with Gasteiger partial charge in [0.1, 0.15) is 13.2 Å². The van der Waals surface area contributed by atoms with Gasteiger partial charge in [0.05, 0.1) is 19.9 Å². The van der Waals surface area contributed by atoms with Crippen molar-refractivity contribution in [2.24, 2.45) is 5.92 Å². The molecule has 0 saturated carbocycles. The molecule has 1 aliphatic heterocycles. The van der Waals surface area contributed by atoms with E-state index in [-0.39, 0.29) is 0 Å². The van der Waals surface area contributed by atoms with E-state index >= 15 is 0 Å². The molecular formula is C23H32N2O3. The quantitative estimate of drug-likeness (QED) is 0.655. The molecule has 3 rings (SSSR count). The van der Waals surface area contributed by atoms with Crippen LogP contribution in [0.4, 0.5) is 0 Å². The van der Waals surface area contributed by atoms with Crippen molar-refractivity contribution in [3.8, 4) is 11.5 Å². The van der Waals surface area contributed by atoms with Gasteiger partial charge in [-0.15, -0.1) is 0 Å². The topological polar surface area (TPSA) is 43.0 Å². The molecule has 152 valence electrons. The number of rotatable bonds is 9. The van der Waals surface area contributed by atoms with Crippen molar-refractivity contribution in [1.82, 2.24) is 10.2 Å². The van der Waals surface area contributed by atoms with Crippen molar-refractivity contribution < 1.29 is 14.2 Å². The van der Waals surface area contributed by atoms with Crippen LogP contribution in [0.3, 0.4) is 0 Å². The number of hydrogen-bond acceptors (Lipinski definition) is 5. The Morgan fingerprint density at radius 1 is 1.29 bits per heavy atom. The largest absolute Gasteiger partial charge is 0.498 e. The van der Waals surface area contributed by atoms with E-state index in [0.29, 0.717) is 12.5 Å². The SMILES string of the molecule is COc1cc(CNCCN2C=COCC2)ccc1OCC1=CC(C)CC=C1C. The van der Waals surface area contributed by atoms with Crippen LogP contribution < -0.4 is 14.8 Å². The van der Waals surface area contributed by atoms with Gasteiger partial charge >= 0.3 is 0 Å². The van der Waals surface area contributed by atoms with Crippen molar-refractivity contribution in [2.45, 2.75) is 26.8 Å². The van der Waals surface area contributed by atoms with Gasteiger partial charge in [0.25, 0.3) is 0 Å². The molecule has 1 heterocycles. The second-order valence-corrected chi connectivity index (χ2v) is 7.43. The zero-order chi connectivity index (χ0) is 19.8.